The quantitative estimate of drug-likeness (QED) is 0.830. The van der Waals surface area contributed by atoms with E-state index in [0.717, 1.165) is 9.35 Å². The van der Waals surface area contributed by atoms with E-state index in [4.69, 9.17) is 9.47 Å². The van der Waals surface area contributed by atoms with Gasteiger partial charge in [-0.2, -0.15) is 0 Å². The van der Waals surface area contributed by atoms with E-state index in [1.165, 1.54) is 0 Å². The number of Topliss-reactive ketones (excluding diaryl/α,β-unsaturated/α-hetero) is 1. The van der Waals surface area contributed by atoms with Crippen LogP contribution in [0.3, 0.4) is 0 Å². The van der Waals surface area contributed by atoms with Crippen LogP contribution in [0.25, 0.3) is 0 Å². The Bertz CT molecular complexity index is 405. The van der Waals surface area contributed by atoms with Crippen LogP contribution in [0.5, 0.6) is 0 Å². The normalized spacial score (nSPS) is 18.8. The highest BCUT2D eigenvalue weighted by molar-refractivity contribution is 9.10. The van der Waals surface area contributed by atoms with Crippen LogP contribution < -0.4 is 0 Å². The van der Waals surface area contributed by atoms with E-state index < -0.39 is 5.60 Å². The smallest absolute Gasteiger partial charge is 0.169 e. The molecule has 5 heteroatoms. The number of hydrogen-bond donors (Lipinski definition) is 0. The van der Waals surface area contributed by atoms with Crippen LogP contribution in [-0.4, -0.2) is 31.2 Å². The van der Waals surface area contributed by atoms with Gasteiger partial charge >= 0.3 is 0 Å². The fraction of sp³-hybridized carbons (Fsp3) is 0.615. The zero-order chi connectivity index (χ0) is 13.0. The highest BCUT2D eigenvalue weighted by Gasteiger charge is 2.40. The standard InChI is InChI=1S/C13H17BrO3S/c1-2-17-13(3-5-16-6-4-13)12(15)8-11-7-10(14)9-18-11/h7,9H,2-6,8H2,1H3. The van der Waals surface area contributed by atoms with Crippen molar-refractivity contribution in [2.75, 3.05) is 19.8 Å². The predicted octanol–water partition coefficient (Wildman–Crippen LogP) is 3.21. The summed E-state index contributed by atoms with van der Waals surface area (Å²) in [5, 5.41) is 2.00. The molecule has 0 saturated carbocycles. The fourth-order valence-corrected chi connectivity index (χ4v) is 3.70. The van der Waals surface area contributed by atoms with Gasteiger partial charge in [-0.3, -0.25) is 4.79 Å². The largest absolute Gasteiger partial charge is 0.381 e. The molecule has 2 rings (SSSR count). The van der Waals surface area contributed by atoms with Crippen LogP contribution in [-0.2, 0) is 20.7 Å². The van der Waals surface area contributed by atoms with E-state index in [0.29, 0.717) is 39.1 Å². The van der Waals surface area contributed by atoms with Crippen molar-refractivity contribution >= 4 is 33.0 Å². The third kappa shape index (κ3) is 3.20. The molecule has 1 fully saturated rings. The van der Waals surface area contributed by atoms with Gasteiger partial charge in [0.15, 0.2) is 5.78 Å². The molecular formula is C13H17BrO3S. The van der Waals surface area contributed by atoms with Crippen molar-refractivity contribution in [1.29, 1.82) is 0 Å². The number of carbonyl (C=O) groups excluding carboxylic acids is 1. The fourth-order valence-electron chi connectivity index (χ4n) is 2.25. The van der Waals surface area contributed by atoms with Crippen molar-refractivity contribution in [1.82, 2.24) is 0 Å². The highest BCUT2D eigenvalue weighted by atomic mass is 79.9. The Kier molecular flexibility index (Phi) is 4.95. The lowest BCUT2D eigenvalue weighted by Crippen LogP contribution is -2.47. The summed E-state index contributed by atoms with van der Waals surface area (Å²) < 4.78 is 12.1. The van der Waals surface area contributed by atoms with Gasteiger partial charge in [-0.15, -0.1) is 11.3 Å². The lowest BCUT2D eigenvalue weighted by Gasteiger charge is -2.35. The maximum atomic E-state index is 12.5. The molecule has 100 valence electrons. The number of rotatable bonds is 5. The summed E-state index contributed by atoms with van der Waals surface area (Å²) in [6, 6.07) is 2.00. The topological polar surface area (TPSA) is 35.5 Å². The molecule has 0 aromatic carbocycles. The summed E-state index contributed by atoms with van der Waals surface area (Å²) in [5.41, 5.74) is -0.622. The molecule has 0 amide bonds. The lowest BCUT2D eigenvalue weighted by molar-refractivity contribution is -0.156. The molecule has 1 aliphatic heterocycles. The number of halogens is 1. The Hall–Kier alpha value is -0.230. The Morgan fingerprint density at radius 1 is 1.56 bits per heavy atom. The minimum Gasteiger partial charge on any atom is -0.381 e. The van der Waals surface area contributed by atoms with E-state index in [1.807, 2.05) is 18.4 Å². The summed E-state index contributed by atoms with van der Waals surface area (Å²) >= 11 is 5.01. The SMILES string of the molecule is CCOC1(C(=O)Cc2cc(Br)cs2)CCOCC1. The summed E-state index contributed by atoms with van der Waals surface area (Å²) in [4.78, 5) is 13.6. The van der Waals surface area contributed by atoms with Crippen molar-refractivity contribution < 1.29 is 14.3 Å². The second kappa shape index (κ2) is 6.28. The van der Waals surface area contributed by atoms with Crippen LogP contribution >= 0.6 is 27.3 Å². The number of ketones is 1. The molecule has 1 saturated heterocycles. The first kappa shape index (κ1) is 14.2. The molecule has 1 aromatic rings. The Morgan fingerprint density at radius 2 is 2.28 bits per heavy atom. The third-order valence-electron chi connectivity index (χ3n) is 3.19. The number of ether oxygens (including phenoxy) is 2. The molecule has 18 heavy (non-hydrogen) atoms. The summed E-state index contributed by atoms with van der Waals surface area (Å²) in [7, 11) is 0. The highest BCUT2D eigenvalue weighted by Crippen LogP contribution is 2.29. The summed E-state index contributed by atoms with van der Waals surface area (Å²) in [6.45, 7) is 3.73. The van der Waals surface area contributed by atoms with Gasteiger partial charge < -0.3 is 9.47 Å². The van der Waals surface area contributed by atoms with E-state index >= 15 is 0 Å². The van der Waals surface area contributed by atoms with Crippen LogP contribution in [0.1, 0.15) is 24.6 Å². The average molecular weight is 333 g/mol. The van der Waals surface area contributed by atoms with E-state index in [2.05, 4.69) is 15.9 Å². The first-order valence-corrected chi connectivity index (χ1v) is 7.81. The van der Waals surface area contributed by atoms with E-state index in [9.17, 15) is 4.79 Å². The molecule has 0 radical (unpaired) electrons. The Labute approximate surface area is 120 Å². The first-order chi connectivity index (χ1) is 8.66. The molecule has 0 bridgehead atoms. The Morgan fingerprint density at radius 3 is 2.83 bits per heavy atom. The number of hydrogen-bond acceptors (Lipinski definition) is 4. The van der Waals surface area contributed by atoms with Gasteiger partial charge in [0.05, 0.1) is 0 Å². The van der Waals surface area contributed by atoms with Gasteiger partial charge in [0, 0.05) is 53.8 Å². The van der Waals surface area contributed by atoms with Crippen molar-refractivity contribution in [3.63, 3.8) is 0 Å². The molecule has 1 aromatic heterocycles. The molecule has 0 spiro atoms. The molecular weight excluding hydrogens is 316 g/mol. The number of thiophene rings is 1. The second-order valence-electron chi connectivity index (χ2n) is 4.37. The van der Waals surface area contributed by atoms with Crippen LogP contribution in [0.2, 0.25) is 0 Å². The van der Waals surface area contributed by atoms with Gasteiger partial charge in [-0.25, -0.2) is 0 Å². The zero-order valence-electron chi connectivity index (χ0n) is 10.4. The number of carbonyl (C=O) groups is 1. The average Bonchev–Trinajstić information content (AvgIpc) is 2.76. The maximum Gasteiger partial charge on any atom is 0.169 e. The second-order valence-corrected chi connectivity index (χ2v) is 6.28. The van der Waals surface area contributed by atoms with Crippen LogP contribution in [0.15, 0.2) is 15.9 Å². The van der Waals surface area contributed by atoms with Crippen LogP contribution in [0.4, 0.5) is 0 Å². The van der Waals surface area contributed by atoms with Crippen molar-refractivity contribution in [3.05, 3.63) is 20.8 Å². The molecule has 0 aliphatic carbocycles. The van der Waals surface area contributed by atoms with Crippen molar-refractivity contribution in [2.45, 2.75) is 31.8 Å². The van der Waals surface area contributed by atoms with Gasteiger partial charge in [0.25, 0.3) is 0 Å². The van der Waals surface area contributed by atoms with Crippen molar-refractivity contribution in [2.24, 2.45) is 0 Å². The molecule has 0 N–H and O–H groups in total. The minimum absolute atomic E-state index is 0.182. The van der Waals surface area contributed by atoms with Gasteiger partial charge in [0.2, 0.25) is 0 Å². The first-order valence-electron chi connectivity index (χ1n) is 6.14. The summed E-state index contributed by atoms with van der Waals surface area (Å²) in [6.07, 6.45) is 1.80. The van der Waals surface area contributed by atoms with E-state index in [-0.39, 0.29) is 5.78 Å². The van der Waals surface area contributed by atoms with E-state index in [1.54, 1.807) is 11.3 Å². The summed E-state index contributed by atoms with van der Waals surface area (Å²) in [5.74, 6) is 0.182. The van der Waals surface area contributed by atoms with Crippen LogP contribution in [0, 0.1) is 0 Å². The molecule has 0 atom stereocenters. The zero-order valence-corrected chi connectivity index (χ0v) is 12.8. The molecule has 0 unspecified atom stereocenters. The van der Waals surface area contributed by atoms with Gasteiger partial charge in [0.1, 0.15) is 5.60 Å². The molecule has 2 heterocycles. The van der Waals surface area contributed by atoms with Gasteiger partial charge in [-0.05, 0) is 28.9 Å². The maximum absolute atomic E-state index is 12.5. The predicted molar refractivity (Wildman–Crippen MR) is 75.1 cm³/mol. The van der Waals surface area contributed by atoms with Gasteiger partial charge in [-0.1, -0.05) is 0 Å². The Balaban J connectivity index is 2.08. The lowest BCUT2D eigenvalue weighted by atomic mass is 9.87. The van der Waals surface area contributed by atoms with Crippen molar-refractivity contribution in [3.8, 4) is 0 Å². The third-order valence-corrected chi connectivity index (χ3v) is 4.88. The molecule has 1 aliphatic rings. The minimum atomic E-state index is -0.622. The molecule has 3 nitrogen and oxygen atoms in total. The monoisotopic (exact) mass is 332 g/mol.